The molecule has 2 rings (SSSR count). The minimum atomic E-state index is -1.15. The molecule has 0 bridgehead atoms. The minimum Gasteiger partial charge on any atom is -0.477 e. The number of hydrogen-bond donors (Lipinski definition) is 3. The Morgan fingerprint density at radius 2 is 2.33 bits per heavy atom. The number of rotatable bonds is 5. The van der Waals surface area contributed by atoms with Gasteiger partial charge in [0, 0.05) is 0 Å². The van der Waals surface area contributed by atoms with E-state index >= 15 is 0 Å². The minimum absolute atomic E-state index is 0.00512. The van der Waals surface area contributed by atoms with Crippen LogP contribution in [0.1, 0.15) is 13.3 Å². The third kappa shape index (κ3) is 1.80. The van der Waals surface area contributed by atoms with Crippen molar-refractivity contribution < 1.29 is 24.5 Å². The van der Waals surface area contributed by atoms with Crippen LogP contribution >= 0.6 is 0 Å². The summed E-state index contributed by atoms with van der Waals surface area (Å²) < 4.78 is 5.01. The topological polar surface area (TPSA) is 113 Å². The normalized spacial score (nSPS) is 28.2. The highest BCUT2D eigenvalue weighted by molar-refractivity contribution is 5.99. The summed E-state index contributed by atoms with van der Waals surface area (Å²) in [5, 5.41) is 18.7. The van der Waals surface area contributed by atoms with Crippen LogP contribution in [-0.4, -0.2) is 52.5 Å². The molecule has 0 aromatic rings. The van der Waals surface area contributed by atoms with E-state index in [2.05, 4.69) is 0 Å². The summed E-state index contributed by atoms with van der Waals surface area (Å²) in [6.45, 7) is 1.63. The van der Waals surface area contributed by atoms with Crippen LogP contribution in [0.4, 0.5) is 0 Å². The molecular formula is C11H16N2O5. The Morgan fingerprint density at radius 3 is 2.83 bits per heavy atom. The van der Waals surface area contributed by atoms with Gasteiger partial charge >= 0.3 is 5.97 Å². The molecule has 2 heterocycles. The second kappa shape index (κ2) is 4.68. The number of nitrogens with two attached hydrogens (primary N) is 1. The Labute approximate surface area is 104 Å². The first-order valence-electron chi connectivity index (χ1n) is 5.73. The first-order valence-corrected chi connectivity index (χ1v) is 5.73. The lowest BCUT2D eigenvalue weighted by molar-refractivity contribution is -0.161. The van der Waals surface area contributed by atoms with Gasteiger partial charge in [0.05, 0.1) is 31.4 Å². The van der Waals surface area contributed by atoms with E-state index in [1.807, 2.05) is 0 Å². The molecule has 0 aromatic heterocycles. The number of carbonyl (C=O) groups excluding carboxylic acids is 1. The number of aliphatic hydroxyl groups is 1. The predicted octanol–water partition coefficient (Wildman–Crippen LogP) is -1.13. The van der Waals surface area contributed by atoms with Crippen molar-refractivity contribution in [2.45, 2.75) is 25.5 Å². The van der Waals surface area contributed by atoms with Gasteiger partial charge in [0.2, 0.25) is 5.91 Å². The number of ether oxygens (including phenoxy) is 1. The summed E-state index contributed by atoms with van der Waals surface area (Å²) in [5.41, 5.74) is 5.74. The number of carboxylic acids is 1. The van der Waals surface area contributed by atoms with Gasteiger partial charge in [-0.3, -0.25) is 4.79 Å². The molecule has 3 unspecified atom stereocenters. The van der Waals surface area contributed by atoms with Crippen molar-refractivity contribution in [1.82, 2.24) is 4.90 Å². The Balaban J connectivity index is 2.21. The van der Waals surface area contributed by atoms with Crippen molar-refractivity contribution in [2.75, 3.05) is 13.3 Å². The van der Waals surface area contributed by atoms with Crippen molar-refractivity contribution in [3.63, 3.8) is 0 Å². The average Bonchev–Trinajstić information content (AvgIpc) is 2.60. The number of carbonyl (C=O) groups is 2. The number of carboxylic acid groups (broad SMARTS) is 1. The number of nitrogens with zero attached hydrogens (tertiary/aromatic N) is 1. The van der Waals surface area contributed by atoms with E-state index in [1.54, 1.807) is 0 Å². The van der Waals surface area contributed by atoms with Gasteiger partial charge in [-0.05, 0) is 18.9 Å². The van der Waals surface area contributed by atoms with E-state index in [1.165, 1.54) is 11.8 Å². The molecule has 0 aromatic carbocycles. The molecule has 1 saturated heterocycles. The Morgan fingerprint density at radius 1 is 1.67 bits per heavy atom. The number of aliphatic carboxylic acids is 1. The maximum atomic E-state index is 11.8. The first kappa shape index (κ1) is 13.0. The summed E-state index contributed by atoms with van der Waals surface area (Å²) in [4.78, 5) is 24.3. The van der Waals surface area contributed by atoms with E-state index in [4.69, 9.17) is 15.6 Å². The van der Waals surface area contributed by atoms with Gasteiger partial charge in [0.15, 0.2) is 0 Å². The van der Waals surface area contributed by atoms with Crippen LogP contribution in [0, 0.1) is 5.92 Å². The molecule has 1 amide bonds. The van der Waals surface area contributed by atoms with Crippen LogP contribution in [0.5, 0.6) is 0 Å². The molecule has 1 fully saturated rings. The number of hydrogen-bond acceptors (Lipinski definition) is 5. The molecule has 0 saturated carbocycles. The number of aliphatic hydroxyl groups excluding tert-OH is 1. The molecule has 0 spiro atoms. The first-order chi connectivity index (χ1) is 8.49. The van der Waals surface area contributed by atoms with Crippen LogP contribution in [0.3, 0.4) is 0 Å². The zero-order valence-corrected chi connectivity index (χ0v) is 10.00. The number of fused-ring (bicyclic) bond motifs is 1. The lowest BCUT2D eigenvalue weighted by Crippen LogP contribution is -2.61. The lowest BCUT2D eigenvalue weighted by Gasteiger charge is -2.44. The second-order valence-electron chi connectivity index (χ2n) is 4.52. The second-order valence-corrected chi connectivity index (χ2v) is 4.52. The van der Waals surface area contributed by atoms with Crippen LogP contribution in [0.15, 0.2) is 11.3 Å². The fourth-order valence-electron chi connectivity index (χ4n) is 2.67. The highest BCUT2D eigenvalue weighted by atomic mass is 16.5. The van der Waals surface area contributed by atoms with Crippen molar-refractivity contribution in [3.8, 4) is 0 Å². The lowest BCUT2D eigenvalue weighted by atomic mass is 9.83. The van der Waals surface area contributed by atoms with E-state index in [0.717, 1.165) is 0 Å². The van der Waals surface area contributed by atoms with E-state index in [0.29, 0.717) is 12.0 Å². The summed E-state index contributed by atoms with van der Waals surface area (Å²) in [5.74, 6) is -2.00. The molecular weight excluding hydrogens is 240 g/mol. The zero-order valence-electron chi connectivity index (χ0n) is 10.00. The molecule has 100 valence electrons. The fourth-order valence-corrected chi connectivity index (χ4v) is 2.67. The van der Waals surface area contributed by atoms with Crippen molar-refractivity contribution in [1.29, 1.82) is 0 Å². The van der Waals surface area contributed by atoms with E-state index < -0.39 is 18.0 Å². The Hall–Kier alpha value is -1.44. The monoisotopic (exact) mass is 256 g/mol. The van der Waals surface area contributed by atoms with Crippen LogP contribution in [-0.2, 0) is 14.3 Å². The predicted molar refractivity (Wildman–Crippen MR) is 60.1 cm³/mol. The van der Waals surface area contributed by atoms with Gasteiger partial charge in [-0.25, -0.2) is 4.79 Å². The summed E-state index contributed by atoms with van der Waals surface area (Å²) >= 11 is 0. The SMILES string of the molecule is CC(O)C1C(=O)N2C(C(=O)O)=C(COCN)CC12. The average molecular weight is 256 g/mol. The van der Waals surface area contributed by atoms with E-state index in [-0.39, 0.29) is 31.0 Å². The molecule has 4 N–H and O–H groups in total. The van der Waals surface area contributed by atoms with Gasteiger partial charge in [0.25, 0.3) is 0 Å². The molecule has 2 aliphatic heterocycles. The third-order valence-corrected chi connectivity index (χ3v) is 3.42. The maximum absolute atomic E-state index is 11.8. The number of amides is 1. The highest BCUT2D eigenvalue weighted by Gasteiger charge is 2.56. The quantitative estimate of drug-likeness (QED) is 0.424. The molecule has 0 radical (unpaired) electrons. The van der Waals surface area contributed by atoms with Crippen molar-refractivity contribution in [3.05, 3.63) is 11.3 Å². The van der Waals surface area contributed by atoms with Crippen LogP contribution in [0.2, 0.25) is 0 Å². The summed E-state index contributed by atoms with van der Waals surface area (Å²) in [6.07, 6.45) is -0.355. The van der Waals surface area contributed by atoms with Gasteiger partial charge in [-0.15, -0.1) is 0 Å². The van der Waals surface area contributed by atoms with Crippen molar-refractivity contribution >= 4 is 11.9 Å². The van der Waals surface area contributed by atoms with E-state index in [9.17, 15) is 14.7 Å². The maximum Gasteiger partial charge on any atom is 0.352 e. The van der Waals surface area contributed by atoms with Gasteiger partial charge in [-0.2, -0.15) is 0 Å². The standard InChI is InChI=1S/C11H16N2O5/c1-5(14)8-7-2-6(3-18-4-12)9(11(16)17)13(7)10(8)15/h5,7-8,14H,2-4,12H2,1H3,(H,16,17). The highest BCUT2D eigenvalue weighted by Crippen LogP contribution is 2.43. The Bertz CT molecular complexity index is 418. The zero-order chi connectivity index (χ0) is 13.4. The van der Waals surface area contributed by atoms with Crippen molar-refractivity contribution in [2.24, 2.45) is 11.7 Å². The largest absolute Gasteiger partial charge is 0.477 e. The van der Waals surface area contributed by atoms with Crippen LogP contribution in [0.25, 0.3) is 0 Å². The molecule has 18 heavy (non-hydrogen) atoms. The summed E-state index contributed by atoms with van der Waals surface area (Å²) in [7, 11) is 0. The molecule has 2 aliphatic rings. The Kier molecular flexibility index (Phi) is 3.38. The smallest absolute Gasteiger partial charge is 0.352 e. The number of β-lactam (4-membered cyclic amide) rings is 1. The van der Waals surface area contributed by atoms with Gasteiger partial charge in [-0.1, -0.05) is 0 Å². The molecule has 3 atom stereocenters. The third-order valence-electron chi connectivity index (χ3n) is 3.42. The van der Waals surface area contributed by atoms with Gasteiger partial charge in [0.1, 0.15) is 5.70 Å². The molecule has 7 heteroatoms. The van der Waals surface area contributed by atoms with Crippen LogP contribution < -0.4 is 5.73 Å². The molecule has 7 nitrogen and oxygen atoms in total. The molecule has 0 aliphatic carbocycles. The fraction of sp³-hybridized carbons (Fsp3) is 0.636. The van der Waals surface area contributed by atoms with Gasteiger partial charge < -0.3 is 25.6 Å². The summed E-state index contributed by atoms with van der Waals surface area (Å²) in [6, 6.07) is -0.264.